The predicted octanol–water partition coefficient (Wildman–Crippen LogP) is 3.40. The Balaban J connectivity index is 1.52. The quantitative estimate of drug-likeness (QED) is 0.849. The average molecular weight is 307 g/mol. The molecule has 2 N–H and O–H groups in total. The molecular weight excluding hydrogens is 286 g/mol. The fourth-order valence-electron chi connectivity index (χ4n) is 3.51. The number of anilines is 3. The lowest BCUT2D eigenvalue weighted by Gasteiger charge is -2.45. The van der Waals surface area contributed by atoms with E-state index in [4.69, 9.17) is 0 Å². The van der Waals surface area contributed by atoms with Gasteiger partial charge in [0.1, 0.15) is 5.54 Å². The zero-order valence-electron chi connectivity index (χ0n) is 13.3. The molecule has 4 heteroatoms. The van der Waals surface area contributed by atoms with Crippen molar-refractivity contribution in [1.82, 2.24) is 0 Å². The van der Waals surface area contributed by atoms with Gasteiger partial charge in [-0.2, -0.15) is 0 Å². The summed E-state index contributed by atoms with van der Waals surface area (Å²) in [5.74, 6) is 0.0970. The maximum Gasteiger partial charge on any atom is 0.250 e. The molecule has 4 nitrogen and oxygen atoms in total. The number of hydrogen-bond acceptors (Lipinski definition) is 3. The summed E-state index contributed by atoms with van der Waals surface area (Å²) in [5, 5.41) is 6.57. The zero-order chi connectivity index (χ0) is 15.9. The molecule has 2 aromatic carbocycles. The molecule has 4 rings (SSSR count). The van der Waals surface area contributed by atoms with E-state index >= 15 is 0 Å². The first-order valence-electron chi connectivity index (χ1n) is 8.17. The highest BCUT2D eigenvalue weighted by atomic mass is 16.2. The molecule has 2 aliphatic heterocycles. The minimum atomic E-state index is -0.477. The topological polar surface area (TPSA) is 44.4 Å². The van der Waals surface area contributed by atoms with Crippen LogP contribution in [0.3, 0.4) is 0 Å². The molecule has 0 atom stereocenters. The van der Waals surface area contributed by atoms with Crippen LogP contribution in [0.4, 0.5) is 17.1 Å². The van der Waals surface area contributed by atoms with E-state index in [2.05, 4.69) is 46.7 Å². The number of carbonyl (C=O) groups excluding carboxylic acids is 1. The van der Waals surface area contributed by atoms with Gasteiger partial charge in [0, 0.05) is 18.8 Å². The molecule has 1 spiro atoms. The Morgan fingerprint density at radius 2 is 1.61 bits per heavy atom. The standard InChI is InChI=1S/C19H21N3O/c1-14-6-8-15(9-7-14)22-12-10-19(11-13-22)18(23)20-16-4-2-3-5-17(16)21-19/h2-9,21H,10-13H2,1H3,(H,20,23). The van der Waals surface area contributed by atoms with Crippen LogP contribution in [0, 0.1) is 6.92 Å². The third-order valence-corrected chi connectivity index (χ3v) is 5.00. The van der Waals surface area contributed by atoms with E-state index in [-0.39, 0.29) is 5.91 Å². The lowest BCUT2D eigenvalue weighted by Crippen LogP contribution is -2.58. The molecule has 23 heavy (non-hydrogen) atoms. The van der Waals surface area contributed by atoms with Gasteiger partial charge in [-0.05, 0) is 44.0 Å². The molecule has 2 aromatic rings. The number of benzene rings is 2. The van der Waals surface area contributed by atoms with E-state index < -0.39 is 5.54 Å². The highest BCUT2D eigenvalue weighted by Crippen LogP contribution is 2.37. The lowest BCUT2D eigenvalue weighted by atomic mass is 9.84. The highest BCUT2D eigenvalue weighted by molar-refractivity contribution is 6.06. The maximum atomic E-state index is 12.6. The van der Waals surface area contributed by atoms with Gasteiger partial charge in [0.05, 0.1) is 11.4 Å². The first-order valence-corrected chi connectivity index (χ1v) is 8.17. The maximum absolute atomic E-state index is 12.6. The van der Waals surface area contributed by atoms with Gasteiger partial charge in [0.2, 0.25) is 5.91 Å². The van der Waals surface area contributed by atoms with Crippen molar-refractivity contribution in [3.63, 3.8) is 0 Å². The summed E-state index contributed by atoms with van der Waals surface area (Å²) in [7, 11) is 0. The van der Waals surface area contributed by atoms with Crippen molar-refractivity contribution in [3.8, 4) is 0 Å². The minimum Gasteiger partial charge on any atom is -0.371 e. The summed E-state index contributed by atoms with van der Waals surface area (Å²) in [4.78, 5) is 15.0. The molecule has 118 valence electrons. The minimum absolute atomic E-state index is 0.0970. The molecule has 0 aromatic heterocycles. The third-order valence-electron chi connectivity index (χ3n) is 5.00. The summed E-state index contributed by atoms with van der Waals surface area (Å²) >= 11 is 0. The van der Waals surface area contributed by atoms with Crippen LogP contribution in [0.5, 0.6) is 0 Å². The summed E-state index contributed by atoms with van der Waals surface area (Å²) in [6.45, 7) is 3.86. The van der Waals surface area contributed by atoms with E-state index in [1.165, 1.54) is 11.3 Å². The van der Waals surface area contributed by atoms with E-state index in [9.17, 15) is 4.79 Å². The van der Waals surface area contributed by atoms with Gasteiger partial charge in [-0.15, -0.1) is 0 Å². The summed E-state index contributed by atoms with van der Waals surface area (Å²) in [6, 6.07) is 16.5. The van der Waals surface area contributed by atoms with Crippen LogP contribution in [0.15, 0.2) is 48.5 Å². The van der Waals surface area contributed by atoms with Crippen LogP contribution in [0.2, 0.25) is 0 Å². The van der Waals surface area contributed by atoms with Gasteiger partial charge < -0.3 is 15.5 Å². The van der Waals surface area contributed by atoms with Gasteiger partial charge in [0.15, 0.2) is 0 Å². The highest BCUT2D eigenvalue weighted by Gasteiger charge is 2.44. The normalized spacial score (nSPS) is 19.0. The number of aryl methyl sites for hydroxylation is 1. The van der Waals surface area contributed by atoms with Crippen LogP contribution >= 0.6 is 0 Å². The second kappa shape index (κ2) is 5.30. The van der Waals surface area contributed by atoms with Crippen LogP contribution in [-0.2, 0) is 4.79 Å². The summed E-state index contributed by atoms with van der Waals surface area (Å²) < 4.78 is 0. The molecule has 2 heterocycles. The Morgan fingerprint density at radius 3 is 2.30 bits per heavy atom. The van der Waals surface area contributed by atoms with Crippen molar-refractivity contribution in [3.05, 3.63) is 54.1 Å². The van der Waals surface area contributed by atoms with Gasteiger partial charge in [-0.25, -0.2) is 0 Å². The Bertz CT molecular complexity index is 731. The fourth-order valence-corrected chi connectivity index (χ4v) is 3.51. The van der Waals surface area contributed by atoms with Gasteiger partial charge in [-0.3, -0.25) is 4.79 Å². The smallest absolute Gasteiger partial charge is 0.250 e. The van der Waals surface area contributed by atoms with Crippen LogP contribution < -0.4 is 15.5 Å². The largest absolute Gasteiger partial charge is 0.371 e. The van der Waals surface area contributed by atoms with Crippen molar-refractivity contribution in [2.45, 2.75) is 25.3 Å². The second-order valence-corrected chi connectivity index (χ2v) is 6.53. The van der Waals surface area contributed by atoms with Crippen molar-refractivity contribution in [2.24, 2.45) is 0 Å². The van der Waals surface area contributed by atoms with E-state index in [0.717, 1.165) is 37.3 Å². The molecular formula is C19H21N3O. The summed E-state index contributed by atoms with van der Waals surface area (Å²) in [5.41, 5.74) is 3.93. The van der Waals surface area contributed by atoms with Gasteiger partial charge >= 0.3 is 0 Å². The van der Waals surface area contributed by atoms with Gasteiger partial charge in [-0.1, -0.05) is 29.8 Å². The Morgan fingerprint density at radius 1 is 0.957 bits per heavy atom. The lowest BCUT2D eigenvalue weighted by molar-refractivity contribution is -0.121. The SMILES string of the molecule is Cc1ccc(N2CCC3(CC2)Nc2ccccc2NC3=O)cc1. The zero-order valence-corrected chi connectivity index (χ0v) is 13.3. The van der Waals surface area contributed by atoms with E-state index in [1.54, 1.807) is 0 Å². The molecule has 1 saturated heterocycles. The predicted molar refractivity (Wildman–Crippen MR) is 94.1 cm³/mol. The fraction of sp³-hybridized carbons (Fsp3) is 0.316. The molecule has 1 fully saturated rings. The van der Waals surface area contributed by atoms with Crippen molar-refractivity contribution in [1.29, 1.82) is 0 Å². The Hall–Kier alpha value is -2.49. The molecule has 0 saturated carbocycles. The van der Waals surface area contributed by atoms with Crippen molar-refractivity contribution < 1.29 is 4.79 Å². The van der Waals surface area contributed by atoms with E-state index in [0.29, 0.717) is 0 Å². The molecule has 2 aliphatic rings. The average Bonchev–Trinajstić information content (AvgIpc) is 2.58. The molecule has 0 bridgehead atoms. The monoisotopic (exact) mass is 307 g/mol. The molecule has 0 aliphatic carbocycles. The number of nitrogens with zero attached hydrogens (tertiary/aromatic N) is 1. The Kier molecular flexibility index (Phi) is 3.26. The van der Waals surface area contributed by atoms with Crippen LogP contribution in [0.25, 0.3) is 0 Å². The number of rotatable bonds is 1. The first-order chi connectivity index (χ1) is 11.2. The number of nitrogens with one attached hydrogen (secondary N) is 2. The molecule has 0 radical (unpaired) electrons. The van der Waals surface area contributed by atoms with Crippen molar-refractivity contribution >= 4 is 23.0 Å². The number of carbonyl (C=O) groups is 1. The van der Waals surface area contributed by atoms with Crippen molar-refractivity contribution in [2.75, 3.05) is 28.6 Å². The number of para-hydroxylation sites is 2. The van der Waals surface area contributed by atoms with E-state index in [1.807, 2.05) is 24.3 Å². The Labute approximate surface area is 136 Å². The molecule has 1 amide bonds. The summed E-state index contributed by atoms with van der Waals surface area (Å²) in [6.07, 6.45) is 1.61. The second-order valence-electron chi connectivity index (χ2n) is 6.53. The van der Waals surface area contributed by atoms with Crippen LogP contribution in [-0.4, -0.2) is 24.5 Å². The van der Waals surface area contributed by atoms with Crippen LogP contribution in [0.1, 0.15) is 18.4 Å². The number of piperidine rings is 1. The molecule has 0 unspecified atom stereocenters. The number of hydrogen-bond donors (Lipinski definition) is 2. The van der Waals surface area contributed by atoms with Gasteiger partial charge in [0.25, 0.3) is 0 Å². The number of amides is 1. The number of fused-ring (bicyclic) bond motifs is 1. The first kappa shape index (κ1) is 14.1. The third kappa shape index (κ3) is 2.44.